The highest BCUT2D eigenvalue weighted by Gasteiger charge is 2.08. The number of hydrogen-bond acceptors (Lipinski definition) is 1. The van der Waals surface area contributed by atoms with Crippen LogP contribution in [-0.2, 0) is 0 Å². The lowest BCUT2D eigenvalue weighted by Crippen LogP contribution is -1.88. The van der Waals surface area contributed by atoms with Crippen molar-refractivity contribution in [2.75, 3.05) is 0 Å². The van der Waals surface area contributed by atoms with Gasteiger partial charge in [0.1, 0.15) is 11.2 Å². The van der Waals surface area contributed by atoms with Gasteiger partial charge in [-0.05, 0) is 51.9 Å². The molecule has 1 aromatic heterocycles. The van der Waals surface area contributed by atoms with Gasteiger partial charge in [0.2, 0.25) is 0 Å². The van der Waals surface area contributed by atoms with Crippen LogP contribution in [0, 0.1) is 0 Å². The van der Waals surface area contributed by atoms with Crippen LogP contribution in [0.2, 0.25) is 0 Å². The van der Waals surface area contributed by atoms with Crippen LogP contribution in [0.4, 0.5) is 0 Å². The summed E-state index contributed by atoms with van der Waals surface area (Å²) in [5.74, 6) is 0.537. The Morgan fingerprint density at radius 3 is 1.93 bits per heavy atom. The van der Waals surface area contributed by atoms with Gasteiger partial charge in [-0.15, -0.1) is 0 Å². The van der Waals surface area contributed by atoms with Crippen LogP contribution in [0.15, 0.2) is 95.4 Å². The Bertz CT molecular complexity index is 1270. The van der Waals surface area contributed by atoms with Gasteiger partial charge in [0.05, 0.1) is 0 Å². The normalized spacial score (nSPS) is 11.5. The second-order valence-corrected chi connectivity index (χ2v) is 7.67. The van der Waals surface area contributed by atoms with Crippen LogP contribution in [-0.4, -0.2) is 0 Å². The van der Waals surface area contributed by atoms with E-state index in [1.165, 1.54) is 38.6 Å². The summed E-state index contributed by atoms with van der Waals surface area (Å²) >= 11 is 0. The average molecular weight is 362 g/mol. The number of para-hydroxylation sites is 1. The first-order valence-corrected chi connectivity index (χ1v) is 9.81. The first-order valence-electron chi connectivity index (χ1n) is 9.81. The molecular formula is C27H22O. The molecule has 0 fully saturated rings. The van der Waals surface area contributed by atoms with Gasteiger partial charge in [-0.2, -0.15) is 0 Å². The van der Waals surface area contributed by atoms with Crippen LogP contribution in [0.25, 0.3) is 44.2 Å². The van der Waals surface area contributed by atoms with Gasteiger partial charge in [-0.25, -0.2) is 0 Å². The van der Waals surface area contributed by atoms with Gasteiger partial charge in [0.15, 0.2) is 0 Å². The molecule has 4 aromatic carbocycles. The summed E-state index contributed by atoms with van der Waals surface area (Å²) < 4.78 is 6.04. The zero-order valence-electron chi connectivity index (χ0n) is 16.1. The first-order chi connectivity index (χ1) is 13.7. The Kier molecular flexibility index (Phi) is 4.02. The minimum Gasteiger partial charge on any atom is -0.456 e. The minimum atomic E-state index is 0.537. The van der Waals surface area contributed by atoms with Crippen molar-refractivity contribution in [1.82, 2.24) is 0 Å². The quantitative estimate of drug-likeness (QED) is 0.316. The molecule has 5 rings (SSSR count). The van der Waals surface area contributed by atoms with Crippen molar-refractivity contribution in [2.24, 2.45) is 0 Å². The van der Waals surface area contributed by atoms with Crippen molar-refractivity contribution in [3.8, 4) is 22.3 Å². The molecule has 0 radical (unpaired) electrons. The van der Waals surface area contributed by atoms with Gasteiger partial charge in [-0.3, -0.25) is 0 Å². The molecule has 0 aliphatic rings. The van der Waals surface area contributed by atoms with Crippen molar-refractivity contribution in [3.63, 3.8) is 0 Å². The maximum absolute atomic E-state index is 6.04. The smallest absolute Gasteiger partial charge is 0.136 e. The molecule has 0 bridgehead atoms. The molecule has 0 saturated carbocycles. The fraction of sp³-hybridized carbons (Fsp3) is 0.111. The molecule has 1 heteroatoms. The van der Waals surface area contributed by atoms with E-state index in [0.29, 0.717) is 5.92 Å². The van der Waals surface area contributed by atoms with Gasteiger partial charge >= 0.3 is 0 Å². The Hall–Kier alpha value is -3.32. The Morgan fingerprint density at radius 2 is 1.18 bits per heavy atom. The molecule has 1 heterocycles. The number of benzene rings is 4. The highest BCUT2D eigenvalue weighted by atomic mass is 16.3. The summed E-state index contributed by atoms with van der Waals surface area (Å²) in [4.78, 5) is 0. The Labute approximate surface area is 165 Å². The van der Waals surface area contributed by atoms with E-state index in [0.717, 1.165) is 11.2 Å². The lowest BCUT2D eigenvalue weighted by atomic mass is 9.96. The van der Waals surface area contributed by atoms with Crippen molar-refractivity contribution in [2.45, 2.75) is 19.8 Å². The molecule has 1 nitrogen and oxygen atoms in total. The minimum absolute atomic E-state index is 0.537. The molecule has 0 saturated heterocycles. The van der Waals surface area contributed by atoms with E-state index < -0.39 is 0 Å². The molecular weight excluding hydrogens is 340 g/mol. The lowest BCUT2D eigenvalue weighted by molar-refractivity contribution is 0.669. The third kappa shape index (κ3) is 2.90. The van der Waals surface area contributed by atoms with Gasteiger partial charge < -0.3 is 4.42 Å². The number of fused-ring (bicyclic) bond motifs is 3. The largest absolute Gasteiger partial charge is 0.456 e. The standard InChI is InChI=1S/C27H22O/c1-18(2)21-6-5-7-22(16-21)19-10-12-20(13-11-19)23-14-15-25-24-8-3-4-9-26(24)28-27(25)17-23/h3-18H,1-2H3. The van der Waals surface area contributed by atoms with E-state index >= 15 is 0 Å². The fourth-order valence-electron chi connectivity index (χ4n) is 3.84. The summed E-state index contributed by atoms with van der Waals surface area (Å²) in [5.41, 5.74) is 8.14. The second kappa shape index (κ2) is 6.69. The van der Waals surface area contributed by atoms with E-state index in [-0.39, 0.29) is 0 Å². The van der Waals surface area contributed by atoms with E-state index in [1.807, 2.05) is 12.1 Å². The van der Waals surface area contributed by atoms with Gasteiger partial charge in [-0.1, -0.05) is 86.6 Å². The monoisotopic (exact) mass is 362 g/mol. The average Bonchev–Trinajstić information content (AvgIpc) is 3.12. The number of hydrogen-bond donors (Lipinski definition) is 0. The molecule has 0 atom stereocenters. The summed E-state index contributed by atoms with van der Waals surface area (Å²) in [6.45, 7) is 4.47. The zero-order valence-corrected chi connectivity index (χ0v) is 16.1. The van der Waals surface area contributed by atoms with E-state index in [4.69, 9.17) is 4.42 Å². The SMILES string of the molecule is CC(C)c1cccc(-c2ccc(-c3ccc4c(c3)oc3ccccc34)cc2)c1. The fourth-order valence-corrected chi connectivity index (χ4v) is 3.84. The summed E-state index contributed by atoms with van der Waals surface area (Å²) in [7, 11) is 0. The Balaban J connectivity index is 1.52. The van der Waals surface area contributed by atoms with Gasteiger partial charge in [0, 0.05) is 10.8 Å². The van der Waals surface area contributed by atoms with Crippen LogP contribution in [0.5, 0.6) is 0 Å². The first kappa shape index (κ1) is 16.8. The van der Waals surface area contributed by atoms with E-state index in [1.54, 1.807) is 0 Å². The number of rotatable bonds is 3. The lowest BCUT2D eigenvalue weighted by Gasteiger charge is -2.09. The molecule has 28 heavy (non-hydrogen) atoms. The molecule has 0 amide bonds. The Morgan fingerprint density at radius 1 is 0.536 bits per heavy atom. The van der Waals surface area contributed by atoms with Crippen LogP contribution >= 0.6 is 0 Å². The molecule has 5 aromatic rings. The van der Waals surface area contributed by atoms with E-state index in [2.05, 4.69) is 92.7 Å². The highest BCUT2D eigenvalue weighted by Crippen LogP contribution is 2.33. The highest BCUT2D eigenvalue weighted by molar-refractivity contribution is 6.05. The maximum Gasteiger partial charge on any atom is 0.136 e. The van der Waals surface area contributed by atoms with E-state index in [9.17, 15) is 0 Å². The third-order valence-corrected chi connectivity index (χ3v) is 5.48. The molecule has 0 N–H and O–H groups in total. The predicted octanol–water partition coefficient (Wildman–Crippen LogP) is 8.04. The van der Waals surface area contributed by atoms with Crippen LogP contribution in [0.3, 0.4) is 0 Å². The van der Waals surface area contributed by atoms with Crippen LogP contribution in [0.1, 0.15) is 25.3 Å². The predicted molar refractivity (Wildman–Crippen MR) is 119 cm³/mol. The molecule has 0 aliphatic heterocycles. The molecule has 0 spiro atoms. The summed E-state index contributed by atoms with van der Waals surface area (Å²) in [5, 5.41) is 2.34. The third-order valence-electron chi connectivity index (χ3n) is 5.48. The van der Waals surface area contributed by atoms with Gasteiger partial charge in [0.25, 0.3) is 0 Å². The second-order valence-electron chi connectivity index (χ2n) is 7.67. The summed E-state index contributed by atoms with van der Waals surface area (Å²) in [6, 6.07) is 32.3. The molecule has 0 aliphatic carbocycles. The molecule has 136 valence electrons. The van der Waals surface area contributed by atoms with Crippen molar-refractivity contribution >= 4 is 21.9 Å². The topological polar surface area (TPSA) is 13.1 Å². The summed E-state index contributed by atoms with van der Waals surface area (Å²) in [6.07, 6.45) is 0. The number of furan rings is 1. The van der Waals surface area contributed by atoms with Crippen LogP contribution < -0.4 is 0 Å². The van der Waals surface area contributed by atoms with Crippen molar-refractivity contribution < 1.29 is 4.42 Å². The van der Waals surface area contributed by atoms with Crippen molar-refractivity contribution in [3.05, 3.63) is 96.6 Å². The molecule has 0 unspecified atom stereocenters. The van der Waals surface area contributed by atoms with Crippen molar-refractivity contribution in [1.29, 1.82) is 0 Å². The zero-order chi connectivity index (χ0) is 19.1. The maximum atomic E-state index is 6.04.